The molecule has 0 aromatic heterocycles. The van der Waals surface area contributed by atoms with Crippen molar-refractivity contribution in [2.75, 3.05) is 19.7 Å². The third kappa shape index (κ3) is 3.90. The van der Waals surface area contributed by atoms with E-state index >= 15 is 0 Å². The summed E-state index contributed by atoms with van der Waals surface area (Å²) in [7, 11) is 0. The first-order valence-electron chi connectivity index (χ1n) is 12.9. The number of hydrogen-bond acceptors (Lipinski definition) is 3. The fourth-order valence-electron chi connectivity index (χ4n) is 7.33. The highest BCUT2D eigenvalue weighted by Crippen LogP contribution is 2.58. The minimum Gasteiger partial charge on any atom is -0.493 e. The molecule has 4 heteroatoms. The molecule has 0 spiro atoms. The maximum Gasteiger partial charge on any atom is 0.119 e. The van der Waals surface area contributed by atoms with Gasteiger partial charge in [0, 0.05) is 24.4 Å². The summed E-state index contributed by atoms with van der Waals surface area (Å²) in [6.07, 6.45) is 11.6. The number of nitrogens with zero attached hydrogens (tertiary/aromatic N) is 1. The number of fused-ring (bicyclic) bond motifs is 1. The number of rotatable bonds is 6. The van der Waals surface area contributed by atoms with Gasteiger partial charge in [-0.25, -0.2) is 0 Å². The minimum absolute atomic E-state index is 0. The summed E-state index contributed by atoms with van der Waals surface area (Å²) in [5.74, 6) is 1.83. The Bertz CT molecular complexity index is 961. The molecule has 2 aromatic carbocycles. The molecule has 3 aliphatic carbocycles. The molecule has 1 aliphatic heterocycles. The summed E-state index contributed by atoms with van der Waals surface area (Å²) >= 11 is 0. The molecule has 3 atom stereocenters. The zero-order chi connectivity index (χ0) is 21.6. The van der Waals surface area contributed by atoms with Gasteiger partial charge in [0.05, 0.1) is 12.2 Å². The van der Waals surface area contributed by atoms with E-state index in [1.54, 1.807) is 0 Å². The highest BCUT2D eigenvalue weighted by molar-refractivity contribution is 5.85. The van der Waals surface area contributed by atoms with Crippen LogP contribution >= 0.6 is 12.4 Å². The fraction of sp³-hybridized carbons (Fsp3) is 0.586. The number of benzene rings is 2. The molecule has 178 valence electrons. The lowest BCUT2D eigenvalue weighted by Crippen LogP contribution is -2.72. The van der Waals surface area contributed by atoms with Gasteiger partial charge in [-0.15, -0.1) is 12.4 Å². The van der Waals surface area contributed by atoms with E-state index in [-0.39, 0.29) is 23.9 Å². The highest BCUT2D eigenvalue weighted by atomic mass is 35.5. The molecule has 33 heavy (non-hydrogen) atoms. The van der Waals surface area contributed by atoms with Crippen LogP contribution in [0.3, 0.4) is 0 Å². The van der Waals surface area contributed by atoms with Crippen molar-refractivity contribution < 1.29 is 9.84 Å². The SMILES string of the molecule is Cl.O[C@@]12CCCC[C@@]13CCN(CC1CCC1)[C@@H]2Cc1ccc(OCCc2ccccc2)cc13. The summed E-state index contributed by atoms with van der Waals surface area (Å²) < 4.78 is 6.23. The minimum atomic E-state index is -0.580. The van der Waals surface area contributed by atoms with Crippen LogP contribution in [-0.4, -0.2) is 41.3 Å². The van der Waals surface area contributed by atoms with Crippen LogP contribution in [0, 0.1) is 5.92 Å². The maximum absolute atomic E-state index is 12.3. The van der Waals surface area contributed by atoms with E-state index in [1.807, 2.05) is 0 Å². The standard InChI is InChI=1S/C29H37NO2.ClH/c31-29-15-5-4-14-28(29)16-17-30(21-23-9-6-10-23)27(29)19-24-11-12-25(20-26(24)28)32-18-13-22-7-2-1-3-8-22;/h1-3,7-8,11-12,20,23,27,31H,4-6,9-10,13-19,21H2;1H/t27-,28+,29-;/m1./s1. The highest BCUT2D eigenvalue weighted by Gasteiger charge is 2.63. The molecule has 6 rings (SSSR count). The van der Waals surface area contributed by atoms with Crippen LogP contribution in [0.2, 0.25) is 0 Å². The molecule has 1 saturated heterocycles. The van der Waals surface area contributed by atoms with Crippen molar-refractivity contribution in [1.29, 1.82) is 0 Å². The van der Waals surface area contributed by atoms with E-state index < -0.39 is 5.60 Å². The van der Waals surface area contributed by atoms with Crippen molar-refractivity contribution >= 4 is 12.4 Å². The Balaban J connectivity index is 0.00000228. The molecule has 1 N–H and O–H groups in total. The van der Waals surface area contributed by atoms with Crippen LogP contribution in [0.5, 0.6) is 5.75 Å². The Kier molecular flexibility index (Phi) is 6.50. The molecule has 3 nitrogen and oxygen atoms in total. The average molecular weight is 468 g/mol. The van der Waals surface area contributed by atoms with Crippen LogP contribution in [0.4, 0.5) is 0 Å². The van der Waals surface area contributed by atoms with Crippen LogP contribution in [0.15, 0.2) is 48.5 Å². The van der Waals surface area contributed by atoms with Crippen molar-refractivity contribution in [1.82, 2.24) is 4.90 Å². The van der Waals surface area contributed by atoms with E-state index in [1.165, 1.54) is 48.9 Å². The van der Waals surface area contributed by atoms with E-state index in [0.717, 1.165) is 56.7 Å². The molecule has 0 amide bonds. The Morgan fingerprint density at radius 2 is 1.79 bits per heavy atom. The quantitative estimate of drug-likeness (QED) is 0.591. The molecule has 0 radical (unpaired) electrons. The van der Waals surface area contributed by atoms with Crippen molar-refractivity contribution in [3.63, 3.8) is 0 Å². The predicted octanol–water partition coefficient (Wildman–Crippen LogP) is 5.70. The average Bonchev–Trinajstić information content (AvgIpc) is 2.78. The van der Waals surface area contributed by atoms with E-state index in [2.05, 4.69) is 53.4 Å². The van der Waals surface area contributed by atoms with Gasteiger partial charge in [0.1, 0.15) is 5.75 Å². The van der Waals surface area contributed by atoms with E-state index in [9.17, 15) is 5.11 Å². The monoisotopic (exact) mass is 467 g/mol. The lowest BCUT2D eigenvalue weighted by Gasteiger charge is -2.64. The molecular formula is C29H38ClNO2. The second kappa shape index (κ2) is 9.24. The molecule has 3 fully saturated rings. The lowest BCUT2D eigenvalue weighted by atomic mass is 9.49. The van der Waals surface area contributed by atoms with Crippen LogP contribution in [-0.2, 0) is 18.3 Å². The smallest absolute Gasteiger partial charge is 0.119 e. The van der Waals surface area contributed by atoms with Gasteiger partial charge in [-0.1, -0.05) is 55.7 Å². The van der Waals surface area contributed by atoms with Gasteiger partial charge in [0.25, 0.3) is 0 Å². The Hall–Kier alpha value is -1.55. The summed E-state index contributed by atoms with van der Waals surface area (Å²) in [5.41, 5.74) is 3.50. The Labute approximate surface area is 204 Å². The largest absolute Gasteiger partial charge is 0.493 e. The van der Waals surface area contributed by atoms with Crippen LogP contribution in [0.25, 0.3) is 0 Å². The summed E-state index contributed by atoms with van der Waals surface area (Å²) in [6, 6.07) is 17.6. The molecule has 2 saturated carbocycles. The predicted molar refractivity (Wildman–Crippen MR) is 135 cm³/mol. The van der Waals surface area contributed by atoms with E-state index in [4.69, 9.17) is 4.74 Å². The summed E-state index contributed by atoms with van der Waals surface area (Å²) in [5, 5.41) is 12.3. The van der Waals surface area contributed by atoms with E-state index in [0.29, 0.717) is 6.61 Å². The van der Waals surface area contributed by atoms with Gasteiger partial charge in [-0.3, -0.25) is 4.90 Å². The van der Waals surface area contributed by atoms with Crippen LogP contribution < -0.4 is 4.74 Å². The molecule has 2 bridgehead atoms. The lowest BCUT2D eigenvalue weighted by molar-refractivity contribution is -0.169. The van der Waals surface area contributed by atoms with Gasteiger partial charge >= 0.3 is 0 Å². The third-order valence-electron chi connectivity index (χ3n) is 9.29. The number of hydrogen-bond donors (Lipinski definition) is 1. The van der Waals surface area contributed by atoms with Gasteiger partial charge in [0.2, 0.25) is 0 Å². The van der Waals surface area contributed by atoms with Crippen molar-refractivity contribution in [2.45, 2.75) is 81.3 Å². The normalized spacial score (nSPS) is 31.0. The molecule has 0 unspecified atom stereocenters. The third-order valence-corrected chi connectivity index (χ3v) is 9.29. The zero-order valence-electron chi connectivity index (χ0n) is 19.7. The first-order valence-corrected chi connectivity index (χ1v) is 12.9. The molecular weight excluding hydrogens is 430 g/mol. The van der Waals surface area contributed by atoms with Crippen molar-refractivity contribution in [2.24, 2.45) is 5.92 Å². The topological polar surface area (TPSA) is 32.7 Å². The Morgan fingerprint density at radius 3 is 2.58 bits per heavy atom. The van der Waals surface area contributed by atoms with Crippen molar-refractivity contribution in [3.05, 3.63) is 65.2 Å². The van der Waals surface area contributed by atoms with Crippen LogP contribution in [0.1, 0.15) is 68.1 Å². The maximum atomic E-state index is 12.3. The summed E-state index contributed by atoms with van der Waals surface area (Å²) in [6.45, 7) is 3.03. The second-order valence-corrected chi connectivity index (χ2v) is 10.9. The van der Waals surface area contributed by atoms with Gasteiger partial charge < -0.3 is 9.84 Å². The Morgan fingerprint density at radius 1 is 0.970 bits per heavy atom. The zero-order valence-corrected chi connectivity index (χ0v) is 20.5. The molecule has 4 aliphatic rings. The first-order chi connectivity index (χ1) is 15.7. The fourth-order valence-corrected chi connectivity index (χ4v) is 7.33. The molecule has 2 aromatic rings. The van der Waals surface area contributed by atoms with Gasteiger partial charge in [-0.05, 0) is 79.8 Å². The summed E-state index contributed by atoms with van der Waals surface area (Å²) in [4.78, 5) is 2.68. The number of ether oxygens (including phenoxy) is 1. The number of aliphatic hydroxyl groups is 1. The number of piperidine rings is 1. The van der Waals surface area contributed by atoms with Gasteiger partial charge in [0.15, 0.2) is 0 Å². The first kappa shape index (κ1) is 23.2. The number of likely N-dealkylation sites (tertiary alicyclic amines) is 1. The van der Waals surface area contributed by atoms with Gasteiger partial charge in [-0.2, -0.15) is 0 Å². The van der Waals surface area contributed by atoms with Crippen molar-refractivity contribution in [3.8, 4) is 5.75 Å². The second-order valence-electron chi connectivity index (χ2n) is 10.9. The molecule has 1 heterocycles. The number of halogens is 1.